The van der Waals surface area contributed by atoms with E-state index >= 15 is 0 Å². The fourth-order valence-electron chi connectivity index (χ4n) is 4.53. The van der Waals surface area contributed by atoms with Crippen LogP contribution in [-0.4, -0.2) is 62.8 Å². The number of carboxylic acid groups (broad SMARTS) is 1. The highest BCUT2D eigenvalue weighted by atomic mass is 16.6. The summed E-state index contributed by atoms with van der Waals surface area (Å²) >= 11 is 0. The lowest BCUT2D eigenvalue weighted by Gasteiger charge is -2.31. The van der Waals surface area contributed by atoms with E-state index in [4.69, 9.17) is 20.9 Å². The zero-order valence-electron chi connectivity index (χ0n) is 17.1. The summed E-state index contributed by atoms with van der Waals surface area (Å²) in [6.45, 7) is 4.49. The van der Waals surface area contributed by atoms with Crippen molar-refractivity contribution in [2.24, 2.45) is 0 Å². The quantitative estimate of drug-likeness (QED) is 0.488. The van der Waals surface area contributed by atoms with E-state index < -0.39 is 11.6 Å². The second-order valence-electron chi connectivity index (χ2n) is 8.31. The molecular formula is C21H24N6O4. The smallest absolute Gasteiger partial charge is 0.352 e. The minimum absolute atomic E-state index is 0.0694. The summed E-state index contributed by atoms with van der Waals surface area (Å²) in [5.41, 5.74) is 14.7. The number of fused-ring (bicyclic) bond motifs is 2. The molecule has 1 atom stereocenters. The number of carboxylic acids is 1. The number of hydrogen-bond acceptors (Lipinski definition) is 8. The van der Waals surface area contributed by atoms with Gasteiger partial charge in [0, 0.05) is 42.5 Å². The van der Waals surface area contributed by atoms with Crippen molar-refractivity contribution in [1.82, 2.24) is 19.9 Å². The Morgan fingerprint density at radius 3 is 3.00 bits per heavy atom. The molecule has 1 spiro atoms. The van der Waals surface area contributed by atoms with Crippen molar-refractivity contribution in [2.75, 3.05) is 37.8 Å². The lowest BCUT2D eigenvalue weighted by molar-refractivity contribution is -0.00263. The van der Waals surface area contributed by atoms with Crippen LogP contribution in [-0.2, 0) is 17.7 Å². The number of benzene rings is 1. The number of nitrogen functional groups attached to an aromatic ring is 2. The van der Waals surface area contributed by atoms with Crippen LogP contribution in [0.2, 0.25) is 0 Å². The summed E-state index contributed by atoms with van der Waals surface area (Å²) < 4.78 is 12.1. The Morgan fingerprint density at radius 2 is 2.19 bits per heavy atom. The number of hydrogen-bond donors (Lipinski definition) is 4. The molecule has 0 bridgehead atoms. The summed E-state index contributed by atoms with van der Waals surface area (Å²) in [6.07, 6.45) is 0.504. The normalized spacial score (nSPS) is 21.2. The van der Waals surface area contributed by atoms with E-state index in [0.717, 1.165) is 27.6 Å². The number of rotatable bonds is 3. The highest BCUT2D eigenvalue weighted by Crippen LogP contribution is 2.38. The van der Waals surface area contributed by atoms with Gasteiger partial charge in [-0.15, -0.1) is 0 Å². The van der Waals surface area contributed by atoms with Crippen LogP contribution in [0, 0.1) is 6.92 Å². The molecule has 0 radical (unpaired) electrons. The molecule has 0 aliphatic carbocycles. The van der Waals surface area contributed by atoms with Crippen LogP contribution in [0.3, 0.4) is 0 Å². The zero-order chi connectivity index (χ0) is 21.8. The number of nitrogens with zero attached hydrogens (tertiary/aromatic N) is 3. The van der Waals surface area contributed by atoms with Crippen molar-refractivity contribution in [2.45, 2.75) is 25.5 Å². The van der Waals surface area contributed by atoms with E-state index in [1.807, 2.05) is 25.1 Å². The number of carbonyl (C=O) groups is 1. The monoisotopic (exact) mass is 424 g/mol. The van der Waals surface area contributed by atoms with E-state index in [0.29, 0.717) is 51.0 Å². The first-order valence-electron chi connectivity index (χ1n) is 10.1. The maximum Gasteiger partial charge on any atom is 0.352 e. The van der Waals surface area contributed by atoms with Crippen molar-refractivity contribution in [3.05, 3.63) is 40.6 Å². The molecule has 31 heavy (non-hydrogen) atoms. The minimum atomic E-state index is -0.979. The van der Waals surface area contributed by atoms with Crippen LogP contribution >= 0.6 is 0 Å². The van der Waals surface area contributed by atoms with E-state index in [1.165, 1.54) is 0 Å². The van der Waals surface area contributed by atoms with E-state index in [-0.39, 0.29) is 11.6 Å². The molecule has 1 aromatic carbocycles. The van der Waals surface area contributed by atoms with Gasteiger partial charge < -0.3 is 31.0 Å². The molecule has 162 valence electrons. The summed E-state index contributed by atoms with van der Waals surface area (Å²) in [5, 5.41) is 10.7. The van der Waals surface area contributed by atoms with Gasteiger partial charge in [0.25, 0.3) is 0 Å². The molecule has 2 aliphatic rings. The van der Waals surface area contributed by atoms with Gasteiger partial charge in [-0.3, -0.25) is 4.90 Å². The van der Waals surface area contributed by atoms with Gasteiger partial charge in [0.15, 0.2) is 5.60 Å². The number of nitrogens with two attached hydrogens (primary N) is 2. The molecule has 3 aromatic rings. The van der Waals surface area contributed by atoms with Gasteiger partial charge in [-0.1, -0.05) is 11.6 Å². The molecule has 0 amide bonds. The number of nitrogens with one attached hydrogen (secondary N) is 1. The second kappa shape index (κ2) is 7.10. The molecule has 1 fully saturated rings. The Bertz CT molecular complexity index is 1190. The topological polar surface area (TPSA) is 153 Å². The Morgan fingerprint density at radius 1 is 1.35 bits per heavy atom. The number of anilines is 2. The third-order valence-corrected chi connectivity index (χ3v) is 5.92. The summed E-state index contributed by atoms with van der Waals surface area (Å²) in [5.74, 6) is -0.201. The van der Waals surface area contributed by atoms with Crippen molar-refractivity contribution in [1.29, 1.82) is 0 Å². The van der Waals surface area contributed by atoms with Gasteiger partial charge in [-0.2, -0.15) is 9.97 Å². The van der Waals surface area contributed by atoms with E-state index in [9.17, 15) is 9.90 Å². The van der Waals surface area contributed by atoms with Crippen LogP contribution in [0.15, 0.2) is 18.2 Å². The molecule has 10 heteroatoms. The minimum Gasteiger partial charge on any atom is -0.477 e. The Balaban J connectivity index is 1.47. The first-order chi connectivity index (χ1) is 14.8. The maximum atomic E-state index is 11.9. The number of aromatic carboxylic acids is 1. The molecule has 10 nitrogen and oxygen atoms in total. The fraction of sp³-hybridized carbons (Fsp3) is 0.381. The SMILES string of the molecule is Cc1ccc2[nH]c(C(=O)O)c(CN3CCOC[C@@]4(Cc5c(N)nc(N)nc5O4)C3)c2c1. The molecule has 4 heterocycles. The summed E-state index contributed by atoms with van der Waals surface area (Å²) in [7, 11) is 0. The predicted octanol–water partition coefficient (Wildman–Crippen LogP) is 1.34. The van der Waals surface area contributed by atoms with Crippen LogP contribution in [0.1, 0.15) is 27.2 Å². The molecule has 2 aromatic heterocycles. The fourth-order valence-corrected chi connectivity index (χ4v) is 4.53. The average molecular weight is 424 g/mol. The van der Waals surface area contributed by atoms with Gasteiger partial charge in [0.1, 0.15) is 11.5 Å². The largest absolute Gasteiger partial charge is 0.477 e. The van der Waals surface area contributed by atoms with E-state index in [2.05, 4.69) is 19.9 Å². The van der Waals surface area contributed by atoms with Crippen LogP contribution in [0.5, 0.6) is 5.88 Å². The first-order valence-corrected chi connectivity index (χ1v) is 10.1. The maximum absolute atomic E-state index is 11.9. The van der Waals surface area contributed by atoms with Crippen LogP contribution in [0.25, 0.3) is 10.9 Å². The molecule has 2 aliphatic heterocycles. The Hall–Kier alpha value is -3.37. The van der Waals surface area contributed by atoms with Gasteiger partial charge >= 0.3 is 5.97 Å². The van der Waals surface area contributed by atoms with Crippen LogP contribution in [0.4, 0.5) is 11.8 Å². The highest BCUT2D eigenvalue weighted by molar-refractivity contribution is 5.97. The molecule has 0 saturated carbocycles. The van der Waals surface area contributed by atoms with Crippen molar-refractivity contribution in [3.8, 4) is 5.88 Å². The number of aryl methyl sites for hydroxylation is 1. The lowest BCUT2D eigenvalue weighted by atomic mass is 9.97. The number of aromatic amines is 1. The van der Waals surface area contributed by atoms with Crippen molar-refractivity contribution >= 4 is 28.6 Å². The van der Waals surface area contributed by atoms with Crippen molar-refractivity contribution in [3.63, 3.8) is 0 Å². The molecule has 5 rings (SSSR count). The van der Waals surface area contributed by atoms with Crippen molar-refractivity contribution < 1.29 is 19.4 Å². The Labute approximate surface area is 178 Å². The number of ether oxygens (including phenoxy) is 2. The standard InChI is InChI=1S/C21H24N6O4/c1-11-2-3-15-12(6-11)14(16(24-15)19(28)29)8-27-4-5-30-10-21(9-27)7-13-17(22)25-20(23)26-18(13)31-21/h2-3,6,24H,4-5,7-10H2,1H3,(H,28,29)(H4,22,23,25,26)/t21-/m1/s1. The van der Waals surface area contributed by atoms with Crippen LogP contribution < -0.4 is 16.2 Å². The predicted molar refractivity (Wildman–Crippen MR) is 114 cm³/mol. The third-order valence-electron chi connectivity index (χ3n) is 5.92. The van der Waals surface area contributed by atoms with Gasteiger partial charge in [0.2, 0.25) is 11.8 Å². The molecular weight excluding hydrogens is 400 g/mol. The molecule has 6 N–H and O–H groups in total. The lowest BCUT2D eigenvalue weighted by Crippen LogP contribution is -2.48. The third kappa shape index (κ3) is 3.43. The number of H-pyrrole nitrogens is 1. The average Bonchev–Trinajstić information content (AvgIpc) is 3.16. The van der Waals surface area contributed by atoms with Gasteiger partial charge in [-0.05, 0) is 19.1 Å². The molecule has 1 saturated heterocycles. The summed E-state index contributed by atoms with van der Waals surface area (Å²) in [4.78, 5) is 25.3. The zero-order valence-corrected chi connectivity index (χ0v) is 17.1. The second-order valence-corrected chi connectivity index (χ2v) is 8.31. The highest BCUT2D eigenvalue weighted by Gasteiger charge is 2.45. The molecule has 0 unspecified atom stereocenters. The first kappa shape index (κ1) is 19.6. The van der Waals surface area contributed by atoms with Gasteiger partial charge in [0.05, 0.1) is 18.8 Å². The van der Waals surface area contributed by atoms with Gasteiger partial charge in [-0.25, -0.2) is 4.79 Å². The number of aromatic nitrogens is 3. The Kier molecular flexibility index (Phi) is 4.49. The summed E-state index contributed by atoms with van der Waals surface area (Å²) in [6, 6.07) is 5.89. The van der Waals surface area contributed by atoms with E-state index in [1.54, 1.807) is 0 Å².